The van der Waals surface area contributed by atoms with Crippen molar-refractivity contribution in [1.29, 1.82) is 0 Å². The molecule has 4 nitrogen and oxygen atoms in total. The van der Waals surface area contributed by atoms with Gasteiger partial charge in [0.15, 0.2) is 0 Å². The summed E-state index contributed by atoms with van der Waals surface area (Å²) < 4.78 is 1.78. The molecule has 0 bridgehead atoms. The fraction of sp³-hybridized carbons (Fsp3) is 0.400. The zero-order chi connectivity index (χ0) is 13.3. The van der Waals surface area contributed by atoms with Crippen LogP contribution in [-0.4, -0.2) is 28.0 Å². The summed E-state index contributed by atoms with van der Waals surface area (Å²) in [6.45, 7) is 1.73. The summed E-state index contributed by atoms with van der Waals surface area (Å²) in [7, 11) is 1.89. The maximum absolute atomic E-state index is 10.8. The monoisotopic (exact) mass is 257 g/mol. The second kappa shape index (κ2) is 4.70. The van der Waals surface area contributed by atoms with Crippen molar-refractivity contribution in [3.05, 3.63) is 48.3 Å². The number of piperidine rings is 1. The predicted octanol–water partition coefficient (Wildman–Crippen LogP) is 1.91. The molecule has 1 fully saturated rings. The fourth-order valence-electron chi connectivity index (χ4n) is 2.86. The molecule has 0 unspecified atom stereocenters. The molecule has 2 heterocycles. The normalized spacial score (nSPS) is 18.5. The van der Waals surface area contributed by atoms with E-state index in [0.717, 1.165) is 31.6 Å². The molecule has 1 aliphatic rings. The molecule has 1 aromatic heterocycles. The first kappa shape index (κ1) is 12.2. The highest BCUT2D eigenvalue weighted by Crippen LogP contribution is 2.33. The summed E-state index contributed by atoms with van der Waals surface area (Å²) in [5.41, 5.74) is 1.41. The van der Waals surface area contributed by atoms with Crippen molar-refractivity contribution < 1.29 is 5.11 Å². The molecule has 1 saturated heterocycles. The first-order valence-electron chi connectivity index (χ1n) is 6.70. The topological polar surface area (TPSA) is 41.3 Å². The quantitative estimate of drug-likeness (QED) is 0.893. The molecule has 0 radical (unpaired) electrons. The first-order chi connectivity index (χ1) is 9.19. The molecular formula is C15H19N3O. The standard InChI is InChI=1S/C15H19N3O/c1-17-14(7-10-16-17)15(19)8-11-18(12-9-15)13-5-3-2-4-6-13/h2-7,10,19H,8-9,11-12H2,1H3. The lowest BCUT2D eigenvalue weighted by atomic mass is 9.88. The Kier molecular flexibility index (Phi) is 3.03. The van der Waals surface area contributed by atoms with Gasteiger partial charge in [0.25, 0.3) is 0 Å². The van der Waals surface area contributed by atoms with Crippen LogP contribution in [0, 0.1) is 0 Å². The largest absolute Gasteiger partial charge is 0.383 e. The highest BCUT2D eigenvalue weighted by atomic mass is 16.3. The molecule has 100 valence electrons. The zero-order valence-corrected chi connectivity index (χ0v) is 11.2. The van der Waals surface area contributed by atoms with Gasteiger partial charge in [0.1, 0.15) is 5.60 Å². The van der Waals surface area contributed by atoms with E-state index in [-0.39, 0.29) is 0 Å². The van der Waals surface area contributed by atoms with E-state index >= 15 is 0 Å². The molecule has 2 aromatic rings. The third-order valence-electron chi connectivity index (χ3n) is 4.01. The van der Waals surface area contributed by atoms with Crippen LogP contribution in [0.25, 0.3) is 0 Å². The van der Waals surface area contributed by atoms with E-state index < -0.39 is 5.60 Å². The van der Waals surface area contributed by atoms with Gasteiger partial charge < -0.3 is 10.0 Å². The lowest BCUT2D eigenvalue weighted by molar-refractivity contribution is 0.00415. The Labute approximate surface area is 113 Å². The van der Waals surface area contributed by atoms with Crippen molar-refractivity contribution in [3.63, 3.8) is 0 Å². The van der Waals surface area contributed by atoms with E-state index in [1.54, 1.807) is 10.9 Å². The van der Waals surface area contributed by atoms with E-state index in [2.05, 4.69) is 34.3 Å². The summed E-state index contributed by atoms with van der Waals surface area (Å²) >= 11 is 0. The maximum atomic E-state index is 10.8. The Morgan fingerprint density at radius 3 is 2.37 bits per heavy atom. The van der Waals surface area contributed by atoms with Gasteiger partial charge in [-0.05, 0) is 31.0 Å². The maximum Gasteiger partial charge on any atom is 0.110 e. The highest BCUT2D eigenvalue weighted by Gasteiger charge is 2.36. The van der Waals surface area contributed by atoms with Crippen LogP contribution >= 0.6 is 0 Å². The summed E-state index contributed by atoms with van der Waals surface area (Å²) in [5, 5.41) is 14.9. The molecule has 0 saturated carbocycles. The Balaban J connectivity index is 1.75. The van der Waals surface area contributed by atoms with Crippen molar-refractivity contribution in [2.75, 3.05) is 18.0 Å². The first-order valence-corrected chi connectivity index (χ1v) is 6.70. The number of para-hydroxylation sites is 1. The number of nitrogens with zero attached hydrogens (tertiary/aromatic N) is 3. The van der Waals surface area contributed by atoms with Crippen LogP contribution in [0.5, 0.6) is 0 Å². The molecule has 1 aromatic carbocycles. The molecule has 0 atom stereocenters. The van der Waals surface area contributed by atoms with Crippen LogP contribution in [0.4, 0.5) is 5.69 Å². The zero-order valence-electron chi connectivity index (χ0n) is 11.2. The van der Waals surface area contributed by atoms with Crippen molar-refractivity contribution in [3.8, 4) is 0 Å². The smallest absolute Gasteiger partial charge is 0.110 e. The third kappa shape index (κ3) is 2.24. The second-order valence-electron chi connectivity index (χ2n) is 5.19. The van der Waals surface area contributed by atoms with Crippen molar-refractivity contribution in [2.24, 2.45) is 7.05 Å². The minimum absolute atomic E-state index is 0.738. The van der Waals surface area contributed by atoms with Crippen LogP contribution < -0.4 is 4.90 Å². The van der Waals surface area contributed by atoms with Gasteiger partial charge in [-0.2, -0.15) is 5.10 Å². The van der Waals surface area contributed by atoms with Gasteiger partial charge in [0.05, 0.1) is 5.69 Å². The number of rotatable bonds is 2. The van der Waals surface area contributed by atoms with Crippen LogP contribution in [-0.2, 0) is 12.6 Å². The average Bonchev–Trinajstić information content (AvgIpc) is 2.88. The Morgan fingerprint density at radius 2 is 1.79 bits per heavy atom. The number of aliphatic hydroxyl groups is 1. The van der Waals surface area contributed by atoms with E-state index in [1.165, 1.54) is 5.69 Å². The van der Waals surface area contributed by atoms with Gasteiger partial charge >= 0.3 is 0 Å². The predicted molar refractivity (Wildman–Crippen MR) is 75.0 cm³/mol. The van der Waals surface area contributed by atoms with Crippen LogP contribution in [0.3, 0.4) is 0 Å². The Bertz CT molecular complexity index is 542. The molecular weight excluding hydrogens is 238 g/mol. The molecule has 1 N–H and O–H groups in total. The molecule has 4 heteroatoms. The lowest BCUT2D eigenvalue weighted by Crippen LogP contribution is -2.43. The Morgan fingerprint density at radius 1 is 1.11 bits per heavy atom. The molecule has 3 rings (SSSR count). The van der Waals surface area contributed by atoms with Crippen LogP contribution in [0.2, 0.25) is 0 Å². The van der Waals surface area contributed by atoms with Crippen LogP contribution in [0.1, 0.15) is 18.5 Å². The average molecular weight is 257 g/mol. The third-order valence-corrected chi connectivity index (χ3v) is 4.01. The molecule has 0 spiro atoms. The summed E-state index contributed by atoms with van der Waals surface area (Å²) in [5.74, 6) is 0. The van der Waals surface area contributed by atoms with Gasteiger partial charge in [0.2, 0.25) is 0 Å². The number of benzene rings is 1. The fourth-order valence-corrected chi connectivity index (χ4v) is 2.86. The number of aromatic nitrogens is 2. The van der Waals surface area contributed by atoms with Gasteiger partial charge in [-0.3, -0.25) is 4.68 Å². The van der Waals surface area contributed by atoms with Gasteiger partial charge in [-0.15, -0.1) is 0 Å². The summed E-state index contributed by atoms with van der Waals surface area (Å²) in [6.07, 6.45) is 3.22. The van der Waals surface area contributed by atoms with E-state index in [1.807, 2.05) is 19.2 Å². The minimum Gasteiger partial charge on any atom is -0.383 e. The van der Waals surface area contributed by atoms with Crippen molar-refractivity contribution in [1.82, 2.24) is 9.78 Å². The molecule has 0 aliphatic carbocycles. The molecule has 0 amide bonds. The number of anilines is 1. The number of hydrogen-bond donors (Lipinski definition) is 1. The SMILES string of the molecule is Cn1nccc1C1(O)CCN(c2ccccc2)CC1. The minimum atomic E-state index is -0.740. The lowest BCUT2D eigenvalue weighted by Gasteiger charge is -2.39. The van der Waals surface area contributed by atoms with E-state index in [0.29, 0.717) is 0 Å². The Hall–Kier alpha value is -1.81. The van der Waals surface area contributed by atoms with Gasteiger partial charge in [-0.25, -0.2) is 0 Å². The highest BCUT2D eigenvalue weighted by molar-refractivity contribution is 5.46. The van der Waals surface area contributed by atoms with Gasteiger partial charge in [-0.1, -0.05) is 18.2 Å². The molecule has 19 heavy (non-hydrogen) atoms. The molecule has 1 aliphatic heterocycles. The van der Waals surface area contributed by atoms with Crippen molar-refractivity contribution in [2.45, 2.75) is 18.4 Å². The number of aryl methyl sites for hydroxylation is 1. The van der Waals surface area contributed by atoms with E-state index in [4.69, 9.17) is 0 Å². The number of hydrogen-bond acceptors (Lipinski definition) is 3. The van der Waals surface area contributed by atoms with E-state index in [9.17, 15) is 5.11 Å². The second-order valence-corrected chi connectivity index (χ2v) is 5.19. The van der Waals surface area contributed by atoms with Crippen molar-refractivity contribution >= 4 is 5.69 Å². The van der Waals surface area contributed by atoms with Crippen LogP contribution in [0.15, 0.2) is 42.6 Å². The summed E-state index contributed by atoms with van der Waals surface area (Å²) in [6, 6.07) is 12.3. The van der Waals surface area contributed by atoms with Gasteiger partial charge in [0, 0.05) is 32.0 Å². The summed E-state index contributed by atoms with van der Waals surface area (Å²) in [4.78, 5) is 2.32.